The van der Waals surface area contributed by atoms with Crippen LogP contribution < -0.4 is 10.6 Å². The van der Waals surface area contributed by atoms with Crippen LogP contribution in [0.4, 0.5) is 11.6 Å². The molecule has 1 atom stereocenters. The van der Waals surface area contributed by atoms with Gasteiger partial charge in [-0.25, -0.2) is 9.97 Å². The highest BCUT2D eigenvalue weighted by atomic mass is 15.1. The second-order valence-corrected chi connectivity index (χ2v) is 5.55. The Morgan fingerprint density at radius 2 is 1.84 bits per heavy atom. The molecule has 0 radical (unpaired) electrons. The zero-order valence-corrected chi connectivity index (χ0v) is 12.6. The van der Waals surface area contributed by atoms with Gasteiger partial charge in [-0.15, -0.1) is 0 Å². The third-order valence-electron chi connectivity index (χ3n) is 3.75. The van der Waals surface area contributed by atoms with Gasteiger partial charge in [-0.2, -0.15) is 0 Å². The van der Waals surface area contributed by atoms with Crippen LogP contribution in [0.2, 0.25) is 0 Å². The van der Waals surface area contributed by atoms with E-state index in [2.05, 4.69) is 41.4 Å². The lowest BCUT2D eigenvalue weighted by Gasteiger charge is -2.20. The van der Waals surface area contributed by atoms with Crippen LogP contribution >= 0.6 is 0 Å². The molecule has 1 aromatic heterocycles. The zero-order valence-electron chi connectivity index (χ0n) is 12.6. The number of nitrogens with one attached hydrogen (secondary N) is 2. The maximum Gasteiger partial charge on any atom is 0.134 e. The van der Waals surface area contributed by atoms with Gasteiger partial charge in [-0.1, -0.05) is 19.8 Å². The van der Waals surface area contributed by atoms with Crippen molar-refractivity contribution < 1.29 is 0 Å². The van der Waals surface area contributed by atoms with Crippen LogP contribution in [0.3, 0.4) is 0 Å². The highest BCUT2D eigenvalue weighted by molar-refractivity contribution is 5.57. The van der Waals surface area contributed by atoms with Gasteiger partial charge < -0.3 is 10.6 Å². The van der Waals surface area contributed by atoms with Gasteiger partial charge in [-0.3, -0.25) is 0 Å². The normalized spacial score (nSPS) is 16.2. The predicted molar refractivity (Wildman–Crippen MR) is 80.7 cm³/mol. The first kappa shape index (κ1) is 14.1. The van der Waals surface area contributed by atoms with E-state index in [1.165, 1.54) is 19.3 Å². The molecule has 4 nitrogen and oxygen atoms in total. The van der Waals surface area contributed by atoms with Crippen LogP contribution in [-0.4, -0.2) is 22.6 Å². The number of hydrogen-bond acceptors (Lipinski definition) is 4. The standard InChI is InChI=1S/C15H26N4/c1-5-13(9-12-7-8-12)19-15-10(3)14(16-6-2)17-11(4)18-15/h12-13H,5-9H2,1-4H3,(H2,16,17,18,19). The molecule has 0 bridgehead atoms. The minimum Gasteiger partial charge on any atom is -0.370 e. The summed E-state index contributed by atoms with van der Waals surface area (Å²) in [6, 6.07) is 0.537. The van der Waals surface area contributed by atoms with Crippen molar-refractivity contribution >= 4 is 11.6 Å². The van der Waals surface area contributed by atoms with Gasteiger partial charge in [0.15, 0.2) is 0 Å². The zero-order chi connectivity index (χ0) is 13.8. The van der Waals surface area contributed by atoms with Crippen molar-refractivity contribution in [2.45, 2.75) is 59.4 Å². The van der Waals surface area contributed by atoms with E-state index in [4.69, 9.17) is 0 Å². The molecule has 19 heavy (non-hydrogen) atoms. The van der Waals surface area contributed by atoms with Crippen molar-refractivity contribution in [3.05, 3.63) is 11.4 Å². The Kier molecular flexibility index (Phi) is 4.61. The van der Waals surface area contributed by atoms with E-state index in [1.807, 2.05) is 6.92 Å². The summed E-state index contributed by atoms with van der Waals surface area (Å²) in [5.41, 5.74) is 1.13. The molecule has 0 saturated heterocycles. The Balaban J connectivity index is 2.12. The minimum absolute atomic E-state index is 0.537. The summed E-state index contributed by atoms with van der Waals surface area (Å²) in [7, 11) is 0. The number of aryl methyl sites for hydroxylation is 1. The van der Waals surface area contributed by atoms with E-state index in [0.29, 0.717) is 6.04 Å². The fourth-order valence-electron chi connectivity index (χ4n) is 2.39. The molecule has 1 aliphatic carbocycles. The summed E-state index contributed by atoms with van der Waals surface area (Å²) >= 11 is 0. The molecule has 2 rings (SSSR count). The number of nitrogens with zero attached hydrogens (tertiary/aromatic N) is 2. The van der Waals surface area contributed by atoms with Crippen molar-refractivity contribution in [2.24, 2.45) is 5.92 Å². The van der Waals surface area contributed by atoms with Crippen molar-refractivity contribution in [2.75, 3.05) is 17.2 Å². The van der Waals surface area contributed by atoms with Gasteiger partial charge in [0.25, 0.3) is 0 Å². The van der Waals surface area contributed by atoms with Gasteiger partial charge in [0.05, 0.1) is 0 Å². The first-order chi connectivity index (χ1) is 9.13. The molecule has 0 aromatic carbocycles. The number of aromatic nitrogens is 2. The van der Waals surface area contributed by atoms with Crippen molar-refractivity contribution in [3.8, 4) is 0 Å². The van der Waals surface area contributed by atoms with E-state index in [1.54, 1.807) is 0 Å². The number of hydrogen-bond donors (Lipinski definition) is 2. The van der Waals surface area contributed by atoms with Gasteiger partial charge in [0.2, 0.25) is 0 Å². The lowest BCUT2D eigenvalue weighted by molar-refractivity contribution is 0.584. The average Bonchev–Trinajstić information content (AvgIpc) is 3.18. The summed E-state index contributed by atoms with van der Waals surface area (Å²) in [5, 5.41) is 6.93. The summed E-state index contributed by atoms with van der Waals surface area (Å²) in [4.78, 5) is 9.04. The fourth-order valence-corrected chi connectivity index (χ4v) is 2.39. The van der Waals surface area contributed by atoms with Crippen LogP contribution in [0, 0.1) is 19.8 Å². The number of rotatable bonds is 7. The van der Waals surface area contributed by atoms with Crippen molar-refractivity contribution in [1.29, 1.82) is 0 Å². The molecule has 106 valence electrons. The van der Waals surface area contributed by atoms with Crippen LogP contribution in [-0.2, 0) is 0 Å². The minimum atomic E-state index is 0.537. The Hall–Kier alpha value is -1.32. The molecule has 0 aliphatic heterocycles. The molecule has 1 saturated carbocycles. The average molecular weight is 262 g/mol. The molecule has 1 heterocycles. The fraction of sp³-hybridized carbons (Fsp3) is 0.733. The predicted octanol–water partition coefficient (Wildman–Crippen LogP) is 3.52. The highest BCUT2D eigenvalue weighted by Crippen LogP contribution is 2.35. The van der Waals surface area contributed by atoms with Crippen molar-refractivity contribution in [3.63, 3.8) is 0 Å². The second-order valence-electron chi connectivity index (χ2n) is 5.55. The van der Waals surface area contributed by atoms with E-state index in [0.717, 1.165) is 41.9 Å². The lowest BCUT2D eigenvalue weighted by atomic mass is 10.1. The number of anilines is 2. The van der Waals surface area contributed by atoms with Crippen LogP contribution in [0.25, 0.3) is 0 Å². The second kappa shape index (κ2) is 6.22. The molecule has 4 heteroatoms. The summed E-state index contributed by atoms with van der Waals surface area (Å²) < 4.78 is 0. The van der Waals surface area contributed by atoms with Crippen molar-refractivity contribution in [1.82, 2.24) is 9.97 Å². The molecule has 1 aliphatic rings. The summed E-state index contributed by atoms with van der Waals surface area (Å²) in [6.45, 7) is 9.26. The molecular formula is C15H26N4. The monoisotopic (exact) mass is 262 g/mol. The highest BCUT2D eigenvalue weighted by Gasteiger charge is 2.25. The topological polar surface area (TPSA) is 49.8 Å². The first-order valence-electron chi connectivity index (χ1n) is 7.49. The van der Waals surface area contributed by atoms with Gasteiger partial charge in [0.1, 0.15) is 17.5 Å². The molecule has 0 amide bonds. The molecule has 1 aromatic rings. The molecule has 1 unspecified atom stereocenters. The van der Waals surface area contributed by atoms with Gasteiger partial charge in [0, 0.05) is 18.2 Å². The quantitative estimate of drug-likeness (QED) is 0.789. The Morgan fingerprint density at radius 3 is 2.42 bits per heavy atom. The van der Waals surface area contributed by atoms with Crippen LogP contribution in [0.5, 0.6) is 0 Å². The van der Waals surface area contributed by atoms with E-state index < -0.39 is 0 Å². The maximum absolute atomic E-state index is 4.57. The Bertz CT molecular complexity index is 426. The summed E-state index contributed by atoms with van der Waals surface area (Å²) in [5.74, 6) is 3.72. The molecule has 0 spiro atoms. The van der Waals surface area contributed by atoms with E-state index >= 15 is 0 Å². The first-order valence-corrected chi connectivity index (χ1v) is 7.49. The molecule has 2 N–H and O–H groups in total. The molecular weight excluding hydrogens is 236 g/mol. The summed E-state index contributed by atoms with van der Waals surface area (Å²) in [6.07, 6.45) is 5.23. The van der Waals surface area contributed by atoms with E-state index in [9.17, 15) is 0 Å². The van der Waals surface area contributed by atoms with Crippen LogP contribution in [0.1, 0.15) is 50.9 Å². The smallest absolute Gasteiger partial charge is 0.134 e. The van der Waals surface area contributed by atoms with Crippen LogP contribution in [0.15, 0.2) is 0 Å². The van der Waals surface area contributed by atoms with Gasteiger partial charge in [-0.05, 0) is 39.5 Å². The van der Waals surface area contributed by atoms with Gasteiger partial charge >= 0.3 is 0 Å². The lowest BCUT2D eigenvalue weighted by Crippen LogP contribution is -2.21. The van der Waals surface area contributed by atoms with E-state index in [-0.39, 0.29) is 0 Å². The third kappa shape index (κ3) is 3.82. The maximum atomic E-state index is 4.57. The largest absolute Gasteiger partial charge is 0.370 e. The molecule has 1 fully saturated rings. The Labute approximate surface area is 116 Å². The third-order valence-corrected chi connectivity index (χ3v) is 3.75. The SMILES string of the molecule is CCNc1nc(C)nc(NC(CC)CC2CC2)c1C. The Morgan fingerprint density at radius 1 is 1.16 bits per heavy atom.